The van der Waals surface area contributed by atoms with Crippen LogP contribution in [-0.2, 0) is 14.6 Å². The number of amides is 1. The van der Waals surface area contributed by atoms with Gasteiger partial charge in [0, 0.05) is 23.3 Å². The van der Waals surface area contributed by atoms with E-state index in [2.05, 4.69) is 15.3 Å². The van der Waals surface area contributed by atoms with E-state index in [9.17, 15) is 13.2 Å². The molecule has 2 heterocycles. The van der Waals surface area contributed by atoms with Gasteiger partial charge in [0.1, 0.15) is 11.5 Å². The summed E-state index contributed by atoms with van der Waals surface area (Å²) in [6, 6.07) is 9.49. The van der Waals surface area contributed by atoms with Gasteiger partial charge in [-0.05, 0) is 36.4 Å². The molecule has 0 spiro atoms. The molecule has 7 nitrogen and oxygen atoms in total. The Labute approximate surface area is 154 Å². The number of methoxy groups -OCH3 is 1. The van der Waals surface area contributed by atoms with Gasteiger partial charge in [-0.25, -0.2) is 13.4 Å². The smallest absolute Gasteiger partial charge is 0.241 e. The first kappa shape index (κ1) is 18.0. The second-order valence-electron chi connectivity index (χ2n) is 5.26. The molecule has 0 radical (unpaired) electrons. The molecule has 0 aliphatic carbocycles. The molecule has 2 aromatic heterocycles. The maximum absolute atomic E-state index is 12.3. The summed E-state index contributed by atoms with van der Waals surface area (Å²) in [7, 11) is -2.26. The lowest BCUT2D eigenvalue weighted by Crippen LogP contribution is -2.22. The minimum Gasteiger partial charge on any atom is -0.497 e. The number of pyridine rings is 1. The Morgan fingerprint density at radius 2 is 1.85 bits per heavy atom. The number of thiazole rings is 1. The molecule has 0 aliphatic rings. The topological polar surface area (TPSA) is 98.2 Å². The highest BCUT2D eigenvalue weighted by Gasteiger charge is 2.20. The number of carbonyl (C=O) groups excluding carboxylic acids is 1. The van der Waals surface area contributed by atoms with Crippen molar-refractivity contribution in [2.45, 2.75) is 4.90 Å². The predicted octanol–water partition coefficient (Wildman–Crippen LogP) is 2.63. The van der Waals surface area contributed by atoms with E-state index in [1.54, 1.807) is 29.9 Å². The third-order valence-electron chi connectivity index (χ3n) is 3.47. The van der Waals surface area contributed by atoms with Crippen LogP contribution in [0.4, 0.5) is 5.13 Å². The maximum Gasteiger partial charge on any atom is 0.241 e. The van der Waals surface area contributed by atoms with E-state index in [1.165, 1.54) is 42.7 Å². The number of nitrogens with zero attached hydrogens (tertiary/aromatic N) is 2. The average Bonchev–Trinajstić information content (AvgIpc) is 3.10. The van der Waals surface area contributed by atoms with Crippen LogP contribution in [0.15, 0.2) is 59.1 Å². The zero-order chi connectivity index (χ0) is 18.6. The number of ether oxygens (including phenoxy) is 1. The molecule has 0 atom stereocenters. The van der Waals surface area contributed by atoms with Gasteiger partial charge in [-0.3, -0.25) is 9.78 Å². The maximum atomic E-state index is 12.3. The Kier molecular flexibility index (Phi) is 5.29. The first-order valence-electron chi connectivity index (χ1n) is 7.50. The van der Waals surface area contributed by atoms with Gasteiger partial charge in [-0.15, -0.1) is 11.3 Å². The van der Waals surface area contributed by atoms with Gasteiger partial charge in [0.15, 0.2) is 15.0 Å². The zero-order valence-electron chi connectivity index (χ0n) is 13.7. The van der Waals surface area contributed by atoms with Crippen LogP contribution in [0.3, 0.4) is 0 Å². The highest BCUT2D eigenvalue weighted by Crippen LogP contribution is 2.24. The monoisotopic (exact) mass is 389 g/mol. The number of benzene rings is 1. The van der Waals surface area contributed by atoms with Crippen molar-refractivity contribution in [1.29, 1.82) is 0 Å². The van der Waals surface area contributed by atoms with Gasteiger partial charge in [-0.2, -0.15) is 0 Å². The molecule has 0 saturated heterocycles. The van der Waals surface area contributed by atoms with Crippen LogP contribution in [0.5, 0.6) is 5.75 Å². The van der Waals surface area contributed by atoms with Crippen LogP contribution >= 0.6 is 11.3 Å². The van der Waals surface area contributed by atoms with Crippen molar-refractivity contribution < 1.29 is 17.9 Å². The first-order valence-corrected chi connectivity index (χ1v) is 10.0. The molecular formula is C17H15N3O4S2. The van der Waals surface area contributed by atoms with Crippen molar-refractivity contribution in [3.63, 3.8) is 0 Å². The largest absolute Gasteiger partial charge is 0.497 e. The Morgan fingerprint density at radius 3 is 2.50 bits per heavy atom. The molecule has 3 rings (SSSR count). The number of carbonyl (C=O) groups is 1. The lowest BCUT2D eigenvalue weighted by molar-refractivity contribution is -0.113. The quantitative estimate of drug-likeness (QED) is 0.696. The van der Waals surface area contributed by atoms with E-state index in [4.69, 9.17) is 4.74 Å². The molecule has 1 amide bonds. The van der Waals surface area contributed by atoms with Crippen LogP contribution in [0.25, 0.3) is 11.3 Å². The fraction of sp³-hybridized carbons (Fsp3) is 0.118. The van der Waals surface area contributed by atoms with Crippen LogP contribution in [0.2, 0.25) is 0 Å². The standard InChI is InChI=1S/C17H15N3O4S2/c1-24-13-2-4-14(5-3-13)26(22,23)11-16(21)20-17-19-15(10-25-17)12-6-8-18-9-7-12/h2-10H,11H2,1H3,(H,19,20,21). The lowest BCUT2D eigenvalue weighted by Gasteiger charge is -2.05. The Hall–Kier alpha value is -2.78. The number of hydrogen-bond acceptors (Lipinski definition) is 7. The van der Waals surface area contributed by atoms with Crippen LogP contribution in [-0.4, -0.2) is 37.2 Å². The predicted molar refractivity (Wildman–Crippen MR) is 99.0 cm³/mol. The summed E-state index contributed by atoms with van der Waals surface area (Å²) in [5.41, 5.74) is 1.55. The molecule has 134 valence electrons. The fourth-order valence-electron chi connectivity index (χ4n) is 2.18. The Morgan fingerprint density at radius 1 is 1.15 bits per heavy atom. The minimum atomic E-state index is -3.75. The van der Waals surface area contributed by atoms with Gasteiger partial charge in [-0.1, -0.05) is 0 Å². The van der Waals surface area contributed by atoms with Crippen molar-refractivity contribution in [1.82, 2.24) is 9.97 Å². The first-order chi connectivity index (χ1) is 12.5. The molecule has 0 fully saturated rings. The van der Waals surface area contributed by atoms with E-state index >= 15 is 0 Å². The third-order valence-corrected chi connectivity index (χ3v) is 5.86. The van der Waals surface area contributed by atoms with Gasteiger partial charge in [0.2, 0.25) is 5.91 Å². The molecule has 1 aromatic carbocycles. The van der Waals surface area contributed by atoms with Gasteiger partial charge in [0.25, 0.3) is 0 Å². The summed E-state index contributed by atoms with van der Waals surface area (Å²) in [6.07, 6.45) is 3.29. The summed E-state index contributed by atoms with van der Waals surface area (Å²) in [6.45, 7) is 0. The number of hydrogen-bond donors (Lipinski definition) is 1. The van der Waals surface area contributed by atoms with Crippen LogP contribution < -0.4 is 10.1 Å². The number of anilines is 1. The molecule has 0 bridgehead atoms. The Bertz CT molecular complexity index is 1000. The molecule has 0 saturated carbocycles. The van der Waals surface area contributed by atoms with E-state index in [-0.39, 0.29) is 4.90 Å². The molecule has 26 heavy (non-hydrogen) atoms. The highest BCUT2D eigenvalue weighted by atomic mass is 32.2. The number of sulfone groups is 1. The molecule has 0 unspecified atom stereocenters. The summed E-state index contributed by atoms with van der Waals surface area (Å²) in [5.74, 6) is -0.764. The second kappa shape index (κ2) is 7.63. The molecular weight excluding hydrogens is 374 g/mol. The number of nitrogens with one attached hydrogen (secondary N) is 1. The Balaban J connectivity index is 1.67. The van der Waals surface area contributed by atoms with E-state index in [0.717, 1.165) is 5.56 Å². The van der Waals surface area contributed by atoms with Crippen LogP contribution in [0, 0.1) is 0 Å². The summed E-state index contributed by atoms with van der Waals surface area (Å²) in [5, 5.41) is 4.65. The lowest BCUT2D eigenvalue weighted by atomic mass is 10.2. The highest BCUT2D eigenvalue weighted by molar-refractivity contribution is 7.92. The summed E-state index contributed by atoms with van der Waals surface area (Å²) >= 11 is 1.22. The minimum absolute atomic E-state index is 0.0602. The summed E-state index contributed by atoms with van der Waals surface area (Å²) < 4.78 is 29.7. The van der Waals surface area contributed by atoms with Crippen LogP contribution in [0.1, 0.15) is 0 Å². The molecule has 1 N–H and O–H groups in total. The third kappa shape index (κ3) is 4.24. The van der Waals surface area contributed by atoms with Crippen molar-refractivity contribution in [3.8, 4) is 17.0 Å². The van der Waals surface area contributed by atoms with Crippen molar-refractivity contribution in [2.24, 2.45) is 0 Å². The fourth-order valence-corrected chi connectivity index (χ4v) is 4.05. The SMILES string of the molecule is COc1ccc(S(=O)(=O)CC(=O)Nc2nc(-c3ccncc3)cs2)cc1. The number of rotatable bonds is 6. The van der Waals surface area contributed by atoms with E-state index < -0.39 is 21.5 Å². The van der Waals surface area contributed by atoms with Gasteiger partial charge in [0.05, 0.1) is 17.7 Å². The van der Waals surface area contributed by atoms with E-state index in [1.807, 2.05) is 0 Å². The van der Waals surface area contributed by atoms with Gasteiger partial charge >= 0.3 is 0 Å². The molecule has 9 heteroatoms. The van der Waals surface area contributed by atoms with Crippen molar-refractivity contribution in [2.75, 3.05) is 18.2 Å². The van der Waals surface area contributed by atoms with Gasteiger partial charge < -0.3 is 10.1 Å². The average molecular weight is 389 g/mol. The number of aromatic nitrogens is 2. The zero-order valence-corrected chi connectivity index (χ0v) is 15.4. The molecule has 0 aliphatic heterocycles. The van der Waals surface area contributed by atoms with E-state index in [0.29, 0.717) is 16.6 Å². The van der Waals surface area contributed by atoms with Crippen molar-refractivity contribution in [3.05, 3.63) is 54.2 Å². The van der Waals surface area contributed by atoms with Crippen molar-refractivity contribution >= 4 is 32.2 Å². The summed E-state index contributed by atoms with van der Waals surface area (Å²) in [4.78, 5) is 20.4. The molecule has 3 aromatic rings. The second-order valence-corrected chi connectivity index (χ2v) is 8.10. The normalized spacial score (nSPS) is 11.1.